The molecule has 1 aromatic rings. The number of pyridine rings is 1. The Bertz CT molecular complexity index is 585. The van der Waals surface area contributed by atoms with Crippen LogP contribution in [0.1, 0.15) is 12.5 Å². The Hall–Kier alpha value is -1.20. The Morgan fingerprint density at radius 1 is 1.58 bits per heavy atom. The minimum Gasteiger partial charge on any atom is -0.314 e. The molecule has 0 aromatic carbocycles. The van der Waals surface area contributed by atoms with Crippen LogP contribution >= 0.6 is 12.4 Å². The molecule has 0 radical (unpaired) electrons. The number of nitriles is 1. The second kappa shape index (κ2) is 6.30. The second-order valence-electron chi connectivity index (χ2n) is 4.14. The molecular weight excluding hydrogens is 288 g/mol. The van der Waals surface area contributed by atoms with Gasteiger partial charge in [0.1, 0.15) is 6.07 Å². The minimum absolute atomic E-state index is 0. The fourth-order valence-electron chi connectivity index (χ4n) is 1.97. The van der Waals surface area contributed by atoms with Crippen LogP contribution in [0, 0.1) is 11.3 Å². The van der Waals surface area contributed by atoms with Crippen molar-refractivity contribution in [3.63, 3.8) is 0 Å². The molecule has 0 amide bonds. The number of rotatable bonds is 2. The molecule has 1 aliphatic heterocycles. The summed E-state index contributed by atoms with van der Waals surface area (Å²) in [6, 6.07) is 4.75. The number of aromatic nitrogens is 1. The van der Waals surface area contributed by atoms with Crippen molar-refractivity contribution in [3.8, 4) is 6.07 Å². The summed E-state index contributed by atoms with van der Waals surface area (Å²) in [5.74, 6) is 0. The van der Waals surface area contributed by atoms with Gasteiger partial charge in [-0.25, -0.2) is 13.4 Å². The van der Waals surface area contributed by atoms with E-state index in [1.165, 1.54) is 16.6 Å². The van der Waals surface area contributed by atoms with Crippen molar-refractivity contribution in [1.82, 2.24) is 14.6 Å². The minimum atomic E-state index is -3.69. The number of sulfonamides is 1. The smallest absolute Gasteiger partial charge is 0.262 e. The Labute approximate surface area is 118 Å². The number of hydrogen-bond donors (Lipinski definition) is 1. The van der Waals surface area contributed by atoms with Crippen molar-refractivity contribution in [2.75, 3.05) is 19.6 Å². The van der Waals surface area contributed by atoms with Crippen LogP contribution in [0.25, 0.3) is 0 Å². The molecule has 2 rings (SSSR count). The normalized spacial score (nSPS) is 20.3. The second-order valence-corrected chi connectivity index (χ2v) is 5.94. The van der Waals surface area contributed by atoms with Gasteiger partial charge in [-0.1, -0.05) is 0 Å². The summed E-state index contributed by atoms with van der Waals surface area (Å²) in [6.07, 6.45) is 1.39. The maximum Gasteiger partial charge on any atom is 0.262 e. The summed E-state index contributed by atoms with van der Waals surface area (Å²) in [6.45, 7) is 3.44. The maximum absolute atomic E-state index is 12.5. The first kappa shape index (κ1) is 15.9. The van der Waals surface area contributed by atoms with E-state index in [1.807, 2.05) is 13.0 Å². The lowest BCUT2D eigenvalue weighted by molar-refractivity contribution is 0.283. The van der Waals surface area contributed by atoms with Crippen molar-refractivity contribution >= 4 is 22.4 Å². The molecule has 0 spiro atoms. The van der Waals surface area contributed by atoms with E-state index in [0.717, 1.165) is 0 Å². The summed E-state index contributed by atoms with van der Waals surface area (Å²) >= 11 is 0. The number of hydrogen-bond acceptors (Lipinski definition) is 5. The standard InChI is InChI=1S/C11H14N4O2S.ClH/c1-9-8-13-5-6-15(9)18(16,17)11-10(7-12)3-2-4-14-11;/h2-4,9,13H,5-6,8H2,1H3;1H. The highest BCUT2D eigenvalue weighted by Gasteiger charge is 2.33. The van der Waals surface area contributed by atoms with Crippen LogP contribution < -0.4 is 5.32 Å². The molecular formula is C11H15ClN4O2S. The average molecular weight is 303 g/mol. The lowest BCUT2D eigenvalue weighted by Crippen LogP contribution is -2.52. The Morgan fingerprint density at radius 2 is 2.32 bits per heavy atom. The van der Waals surface area contributed by atoms with E-state index in [0.29, 0.717) is 19.6 Å². The number of nitrogens with zero attached hydrogens (tertiary/aromatic N) is 3. The summed E-state index contributed by atoms with van der Waals surface area (Å²) in [5, 5.41) is 11.9. The molecule has 2 heterocycles. The third-order valence-electron chi connectivity index (χ3n) is 2.89. The van der Waals surface area contributed by atoms with Gasteiger partial charge in [-0.05, 0) is 19.1 Å². The van der Waals surface area contributed by atoms with E-state index in [2.05, 4.69) is 10.3 Å². The first-order chi connectivity index (χ1) is 8.57. The van der Waals surface area contributed by atoms with Gasteiger partial charge in [-0.3, -0.25) is 0 Å². The molecule has 0 saturated carbocycles. The van der Waals surface area contributed by atoms with Crippen molar-refractivity contribution in [2.45, 2.75) is 18.0 Å². The van der Waals surface area contributed by atoms with Crippen LogP contribution in [0.15, 0.2) is 23.4 Å². The van der Waals surface area contributed by atoms with E-state index < -0.39 is 10.0 Å². The summed E-state index contributed by atoms with van der Waals surface area (Å²) in [7, 11) is -3.69. The van der Waals surface area contributed by atoms with Gasteiger partial charge in [0.25, 0.3) is 10.0 Å². The molecule has 1 unspecified atom stereocenters. The van der Waals surface area contributed by atoms with Gasteiger partial charge in [0.15, 0.2) is 5.03 Å². The molecule has 1 N–H and O–H groups in total. The highest BCUT2D eigenvalue weighted by Crippen LogP contribution is 2.20. The topological polar surface area (TPSA) is 86.1 Å². The summed E-state index contributed by atoms with van der Waals surface area (Å²) in [4.78, 5) is 3.86. The molecule has 1 aliphatic rings. The van der Waals surface area contributed by atoms with Gasteiger partial charge in [-0.2, -0.15) is 9.57 Å². The molecule has 104 valence electrons. The fourth-order valence-corrected chi connectivity index (χ4v) is 3.66. The Morgan fingerprint density at radius 3 is 2.95 bits per heavy atom. The van der Waals surface area contributed by atoms with E-state index in [4.69, 9.17) is 5.26 Å². The zero-order valence-corrected chi connectivity index (χ0v) is 12.0. The van der Waals surface area contributed by atoms with Crippen LogP contribution in [0.4, 0.5) is 0 Å². The van der Waals surface area contributed by atoms with Gasteiger partial charge in [0, 0.05) is 31.9 Å². The molecule has 19 heavy (non-hydrogen) atoms. The third-order valence-corrected chi connectivity index (χ3v) is 4.86. The number of nitrogens with one attached hydrogen (secondary N) is 1. The van der Waals surface area contributed by atoms with Crippen LogP contribution in [-0.4, -0.2) is 43.4 Å². The number of piperazine rings is 1. The lowest BCUT2D eigenvalue weighted by atomic mass is 10.3. The van der Waals surface area contributed by atoms with Crippen molar-refractivity contribution in [2.24, 2.45) is 0 Å². The quantitative estimate of drug-likeness (QED) is 0.852. The molecule has 1 atom stereocenters. The Kier molecular flexibility index (Phi) is 5.26. The first-order valence-electron chi connectivity index (χ1n) is 5.65. The largest absolute Gasteiger partial charge is 0.314 e. The molecule has 1 fully saturated rings. The average Bonchev–Trinajstić information content (AvgIpc) is 2.39. The summed E-state index contributed by atoms with van der Waals surface area (Å²) < 4.78 is 26.3. The lowest BCUT2D eigenvalue weighted by Gasteiger charge is -2.32. The highest BCUT2D eigenvalue weighted by atomic mass is 35.5. The number of halogens is 1. The van der Waals surface area contributed by atoms with E-state index in [1.54, 1.807) is 6.07 Å². The van der Waals surface area contributed by atoms with E-state index in [9.17, 15) is 8.42 Å². The molecule has 0 bridgehead atoms. The monoisotopic (exact) mass is 302 g/mol. The van der Waals surface area contributed by atoms with Gasteiger partial charge in [-0.15, -0.1) is 12.4 Å². The first-order valence-corrected chi connectivity index (χ1v) is 7.09. The maximum atomic E-state index is 12.5. The van der Waals surface area contributed by atoms with Gasteiger partial charge >= 0.3 is 0 Å². The predicted octanol–water partition coefficient (Wildman–Crippen LogP) is 0.357. The summed E-state index contributed by atoms with van der Waals surface area (Å²) in [5.41, 5.74) is 0.0863. The molecule has 8 heteroatoms. The zero-order chi connectivity index (χ0) is 13.2. The van der Waals surface area contributed by atoms with Crippen molar-refractivity contribution in [1.29, 1.82) is 5.26 Å². The van der Waals surface area contributed by atoms with Gasteiger partial charge in [0.2, 0.25) is 0 Å². The highest BCUT2D eigenvalue weighted by molar-refractivity contribution is 7.89. The molecule has 0 aliphatic carbocycles. The fraction of sp³-hybridized carbons (Fsp3) is 0.455. The van der Waals surface area contributed by atoms with E-state index in [-0.39, 0.29) is 29.0 Å². The predicted molar refractivity (Wildman–Crippen MR) is 72.4 cm³/mol. The van der Waals surface area contributed by atoms with Crippen LogP contribution in [0.5, 0.6) is 0 Å². The van der Waals surface area contributed by atoms with E-state index >= 15 is 0 Å². The van der Waals surface area contributed by atoms with Crippen LogP contribution in [0.2, 0.25) is 0 Å². The molecule has 1 saturated heterocycles. The SMILES string of the molecule is CC1CNCCN1S(=O)(=O)c1ncccc1C#N.Cl. The van der Waals surface area contributed by atoms with Crippen LogP contribution in [0.3, 0.4) is 0 Å². The van der Waals surface area contributed by atoms with Crippen molar-refractivity contribution < 1.29 is 8.42 Å². The molecule has 1 aromatic heterocycles. The molecule has 6 nitrogen and oxygen atoms in total. The van der Waals surface area contributed by atoms with Crippen LogP contribution in [-0.2, 0) is 10.0 Å². The van der Waals surface area contributed by atoms with Gasteiger partial charge < -0.3 is 5.32 Å². The van der Waals surface area contributed by atoms with Gasteiger partial charge in [0.05, 0.1) is 5.56 Å². The third kappa shape index (κ3) is 3.04. The van der Waals surface area contributed by atoms with Crippen molar-refractivity contribution in [3.05, 3.63) is 23.9 Å². The Balaban J connectivity index is 0.00000180. The zero-order valence-electron chi connectivity index (χ0n) is 10.4.